The minimum Gasteiger partial charge on any atom is -0.493 e. The van der Waals surface area contributed by atoms with E-state index in [1.165, 1.54) is 7.11 Å². The summed E-state index contributed by atoms with van der Waals surface area (Å²) >= 11 is 6.06. The summed E-state index contributed by atoms with van der Waals surface area (Å²) in [7, 11) is 1.51. The molecule has 20 heavy (non-hydrogen) atoms. The topological polar surface area (TPSA) is 87.6 Å². The second kappa shape index (κ2) is 7.36. The van der Waals surface area contributed by atoms with Gasteiger partial charge in [-0.1, -0.05) is 18.5 Å². The van der Waals surface area contributed by atoms with E-state index in [0.717, 1.165) is 12.0 Å². The van der Waals surface area contributed by atoms with Gasteiger partial charge in [0.2, 0.25) is 0 Å². The highest BCUT2D eigenvalue weighted by molar-refractivity contribution is 6.30. The molecule has 2 atom stereocenters. The zero-order valence-corrected chi connectivity index (χ0v) is 12.7. The van der Waals surface area contributed by atoms with Crippen LogP contribution in [0.15, 0.2) is 12.1 Å². The Kier molecular flexibility index (Phi) is 6.10. The summed E-state index contributed by atoms with van der Waals surface area (Å²) in [4.78, 5) is 11.2. The summed E-state index contributed by atoms with van der Waals surface area (Å²) in [6.07, 6.45) is 0.634. The van der Waals surface area contributed by atoms with Crippen LogP contribution in [0.2, 0.25) is 5.02 Å². The van der Waals surface area contributed by atoms with E-state index in [1.54, 1.807) is 19.1 Å². The van der Waals surface area contributed by atoms with E-state index >= 15 is 0 Å². The van der Waals surface area contributed by atoms with Gasteiger partial charge in [0.05, 0.1) is 7.11 Å². The summed E-state index contributed by atoms with van der Waals surface area (Å²) in [6.45, 7) is 3.58. The molecule has 0 bridgehead atoms. The van der Waals surface area contributed by atoms with Crippen molar-refractivity contribution in [3.8, 4) is 11.5 Å². The van der Waals surface area contributed by atoms with Gasteiger partial charge in [0.15, 0.2) is 17.6 Å². The molecule has 112 valence electrons. The van der Waals surface area contributed by atoms with Crippen molar-refractivity contribution >= 4 is 17.5 Å². The van der Waals surface area contributed by atoms with Crippen LogP contribution in [0, 0.1) is 0 Å². The maximum atomic E-state index is 11.2. The number of ether oxygens (including phenoxy) is 2. The zero-order valence-electron chi connectivity index (χ0n) is 12.0. The third-order valence-electron chi connectivity index (χ3n) is 3.02. The van der Waals surface area contributed by atoms with Crippen LogP contribution < -0.4 is 20.9 Å². The number of hydrogen-bond donors (Lipinski definition) is 2. The molecule has 4 N–H and O–H groups in total. The Morgan fingerprint density at radius 1 is 1.45 bits per heavy atom. The molecule has 6 heteroatoms. The average Bonchev–Trinajstić information content (AvgIpc) is 2.40. The standard InChI is InChI=1S/C14H21ClN2O3/c1-4-11(16)6-9-5-10(15)7-12(19-3)13(9)20-8(2)14(17)18/h5,7-8,11H,4,6,16H2,1-3H3,(H2,17,18). The van der Waals surface area contributed by atoms with E-state index in [9.17, 15) is 4.79 Å². The van der Waals surface area contributed by atoms with Crippen molar-refractivity contribution in [2.24, 2.45) is 11.5 Å². The van der Waals surface area contributed by atoms with Gasteiger partial charge in [-0.15, -0.1) is 0 Å². The molecule has 0 saturated carbocycles. The number of hydrogen-bond acceptors (Lipinski definition) is 4. The van der Waals surface area contributed by atoms with Gasteiger partial charge in [-0.3, -0.25) is 4.79 Å². The summed E-state index contributed by atoms with van der Waals surface area (Å²) in [5.41, 5.74) is 12.0. The van der Waals surface area contributed by atoms with E-state index in [0.29, 0.717) is 22.9 Å². The predicted molar refractivity (Wildman–Crippen MR) is 79.3 cm³/mol. The fourth-order valence-corrected chi connectivity index (χ4v) is 1.95. The molecule has 0 aliphatic carbocycles. The molecular weight excluding hydrogens is 280 g/mol. The molecule has 0 radical (unpaired) electrons. The minimum absolute atomic E-state index is 0.0237. The van der Waals surface area contributed by atoms with Gasteiger partial charge in [-0.2, -0.15) is 0 Å². The van der Waals surface area contributed by atoms with Crippen LogP contribution in [0.25, 0.3) is 0 Å². The molecule has 0 aliphatic rings. The van der Waals surface area contributed by atoms with Gasteiger partial charge in [0.1, 0.15) is 0 Å². The number of primary amides is 1. The lowest BCUT2D eigenvalue weighted by Gasteiger charge is -2.20. The highest BCUT2D eigenvalue weighted by atomic mass is 35.5. The van der Waals surface area contributed by atoms with Crippen LogP contribution in [0.4, 0.5) is 0 Å². The number of carbonyl (C=O) groups excluding carboxylic acids is 1. The molecule has 1 aromatic rings. The first kappa shape index (κ1) is 16.6. The lowest BCUT2D eigenvalue weighted by atomic mass is 10.0. The van der Waals surface area contributed by atoms with Gasteiger partial charge in [-0.05, 0) is 25.8 Å². The van der Waals surface area contributed by atoms with Crippen LogP contribution in [-0.2, 0) is 11.2 Å². The molecule has 0 fully saturated rings. The van der Waals surface area contributed by atoms with Crippen molar-refractivity contribution in [1.29, 1.82) is 0 Å². The Labute approximate surface area is 124 Å². The summed E-state index contributed by atoms with van der Waals surface area (Å²) in [5.74, 6) is 0.378. The smallest absolute Gasteiger partial charge is 0.258 e. The highest BCUT2D eigenvalue weighted by Crippen LogP contribution is 2.36. The van der Waals surface area contributed by atoms with Crippen LogP contribution in [-0.4, -0.2) is 25.2 Å². The molecule has 1 amide bonds. The summed E-state index contributed by atoms with van der Waals surface area (Å²) in [6, 6.07) is 3.37. The molecule has 0 heterocycles. The van der Waals surface area contributed by atoms with Crippen molar-refractivity contribution in [3.63, 3.8) is 0 Å². The maximum Gasteiger partial charge on any atom is 0.258 e. The van der Waals surface area contributed by atoms with Crippen molar-refractivity contribution in [1.82, 2.24) is 0 Å². The molecule has 1 rings (SSSR count). The number of benzene rings is 1. The van der Waals surface area contributed by atoms with Crippen molar-refractivity contribution in [2.75, 3.05) is 7.11 Å². The molecule has 1 aromatic carbocycles. The van der Waals surface area contributed by atoms with Gasteiger partial charge < -0.3 is 20.9 Å². The number of nitrogens with two attached hydrogens (primary N) is 2. The molecule has 0 aromatic heterocycles. The molecule has 0 aliphatic heterocycles. The SMILES string of the molecule is CCC(N)Cc1cc(Cl)cc(OC)c1OC(C)C(N)=O. The van der Waals surface area contributed by atoms with E-state index in [4.69, 9.17) is 32.5 Å². The first-order chi connectivity index (χ1) is 9.38. The fourth-order valence-electron chi connectivity index (χ4n) is 1.72. The van der Waals surface area contributed by atoms with Gasteiger partial charge >= 0.3 is 0 Å². The van der Waals surface area contributed by atoms with Crippen LogP contribution >= 0.6 is 11.6 Å². The van der Waals surface area contributed by atoms with E-state index in [-0.39, 0.29) is 6.04 Å². The van der Waals surface area contributed by atoms with Crippen molar-refractivity contribution in [3.05, 3.63) is 22.7 Å². The van der Waals surface area contributed by atoms with Crippen LogP contribution in [0.5, 0.6) is 11.5 Å². The normalized spacial score (nSPS) is 13.7. The number of halogens is 1. The van der Waals surface area contributed by atoms with Gasteiger partial charge in [0.25, 0.3) is 5.91 Å². The first-order valence-corrected chi connectivity index (χ1v) is 6.84. The first-order valence-electron chi connectivity index (χ1n) is 6.47. The third-order valence-corrected chi connectivity index (χ3v) is 3.24. The van der Waals surface area contributed by atoms with E-state index in [1.807, 2.05) is 6.92 Å². The maximum absolute atomic E-state index is 11.2. The number of amides is 1. The molecule has 0 spiro atoms. The lowest BCUT2D eigenvalue weighted by Crippen LogP contribution is -2.31. The van der Waals surface area contributed by atoms with Crippen LogP contribution in [0.1, 0.15) is 25.8 Å². The minimum atomic E-state index is -0.762. The summed E-state index contributed by atoms with van der Waals surface area (Å²) in [5, 5.41) is 0.527. The Hall–Kier alpha value is -1.46. The van der Waals surface area contributed by atoms with Crippen molar-refractivity contribution in [2.45, 2.75) is 38.8 Å². The lowest BCUT2D eigenvalue weighted by molar-refractivity contribution is -0.124. The second-order valence-corrected chi connectivity index (χ2v) is 5.07. The molecule has 5 nitrogen and oxygen atoms in total. The Balaban J connectivity index is 3.18. The predicted octanol–water partition coefficient (Wildman–Crippen LogP) is 1.88. The van der Waals surface area contributed by atoms with Gasteiger partial charge in [-0.25, -0.2) is 0 Å². The Morgan fingerprint density at radius 3 is 2.60 bits per heavy atom. The van der Waals surface area contributed by atoms with Gasteiger partial charge in [0, 0.05) is 22.7 Å². The van der Waals surface area contributed by atoms with Crippen molar-refractivity contribution < 1.29 is 14.3 Å². The Bertz CT molecular complexity index is 480. The average molecular weight is 301 g/mol. The number of rotatable bonds is 7. The highest BCUT2D eigenvalue weighted by Gasteiger charge is 2.19. The van der Waals surface area contributed by atoms with E-state index < -0.39 is 12.0 Å². The summed E-state index contributed by atoms with van der Waals surface area (Å²) < 4.78 is 10.9. The molecular formula is C14H21ClN2O3. The zero-order chi connectivity index (χ0) is 15.3. The molecule has 0 saturated heterocycles. The fraction of sp³-hybridized carbons (Fsp3) is 0.500. The number of methoxy groups -OCH3 is 1. The van der Waals surface area contributed by atoms with E-state index in [2.05, 4.69) is 0 Å². The quantitative estimate of drug-likeness (QED) is 0.805. The number of carbonyl (C=O) groups is 1. The Morgan fingerprint density at radius 2 is 2.10 bits per heavy atom. The largest absolute Gasteiger partial charge is 0.493 e. The second-order valence-electron chi connectivity index (χ2n) is 4.63. The van der Waals surface area contributed by atoms with Crippen LogP contribution in [0.3, 0.4) is 0 Å². The molecule has 2 unspecified atom stereocenters. The third kappa shape index (κ3) is 4.28. The monoisotopic (exact) mass is 300 g/mol.